The normalized spacial score (nSPS) is 11.4. The van der Waals surface area contributed by atoms with Crippen molar-refractivity contribution in [3.05, 3.63) is 59.7 Å². The highest BCUT2D eigenvalue weighted by Crippen LogP contribution is 2.25. The topological polar surface area (TPSA) is 104 Å². The number of nitrogens with zero attached hydrogens (tertiary/aromatic N) is 1. The quantitative estimate of drug-likeness (QED) is 0.882. The molecule has 0 saturated carbocycles. The number of carboxylic acid groups (broad SMARTS) is 1. The molecular weight excluding hydrogens is 280 g/mol. The number of hydrogen-bond donors (Lipinski definition) is 2. The molecule has 1 amide bonds. The third kappa shape index (κ3) is 3.49. The van der Waals surface area contributed by atoms with E-state index in [4.69, 9.17) is 16.1 Å². The molecule has 5 nitrogen and oxygen atoms in total. The summed E-state index contributed by atoms with van der Waals surface area (Å²) in [6, 6.07) is 16.2. The molecule has 0 aliphatic heterocycles. The first-order valence-corrected chi connectivity index (χ1v) is 6.63. The molecule has 0 aliphatic carbocycles. The van der Waals surface area contributed by atoms with Crippen LogP contribution in [0, 0.1) is 11.3 Å². The third-order valence-electron chi connectivity index (χ3n) is 3.38. The van der Waals surface area contributed by atoms with Crippen molar-refractivity contribution in [1.82, 2.24) is 0 Å². The van der Waals surface area contributed by atoms with Gasteiger partial charge in [-0.3, -0.25) is 9.59 Å². The second-order valence-electron chi connectivity index (χ2n) is 4.86. The fraction of sp³-hybridized carbons (Fsp3) is 0.118. The Morgan fingerprint density at radius 2 is 1.55 bits per heavy atom. The zero-order chi connectivity index (χ0) is 16.1. The molecule has 0 aromatic heterocycles. The molecule has 0 saturated heterocycles. The van der Waals surface area contributed by atoms with Gasteiger partial charge in [-0.25, -0.2) is 0 Å². The number of rotatable bonds is 5. The maximum atomic E-state index is 11.4. The number of carbonyl (C=O) groups excluding carboxylic acids is 1. The lowest BCUT2D eigenvalue weighted by atomic mass is 9.93. The van der Waals surface area contributed by atoms with E-state index in [0.717, 1.165) is 11.1 Å². The van der Waals surface area contributed by atoms with E-state index in [9.17, 15) is 9.59 Å². The molecule has 0 heterocycles. The van der Waals surface area contributed by atoms with Crippen LogP contribution in [-0.4, -0.2) is 17.0 Å². The first-order chi connectivity index (χ1) is 10.5. The van der Waals surface area contributed by atoms with Crippen LogP contribution in [0.4, 0.5) is 0 Å². The molecular formula is C17H14N2O3. The number of hydrogen-bond acceptors (Lipinski definition) is 3. The number of benzene rings is 2. The van der Waals surface area contributed by atoms with Gasteiger partial charge in [-0.05, 0) is 28.8 Å². The zero-order valence-electron chi connectivity index (χ0n) is 11.7. The summed E-state index contributed by atoms with van der Waals surface area (Å²) in [5.74, 6) is -2.57. The average molecular weight is 294 g/mol. The van der Waals surface area contributed by atoms with Gasteiger partial charge >= 0.3 is 5.97 Å². The van der Waals surface area contributed by atoms with Crippen molar-refractivity contribution in [1.29, 1.82) is 5.26 Å². The van der Waals surface area contributed by atoms with Crippen molar-refractivity contribution < 1.29 is 14.7 Å². The van der Waals surface area contributed by atoms with Gasteiger partial charge in [0.25, 0.3) is 0 Å². The third-order valence-corrected chi connectivity index (χ3v) is 3.38. The molecule has 2 aromatic rings. The van der Waals surface area contributed by atoms with Crippen molar-refractivity contribution in [2.75, 3.05) is 0 Å². The van der Waals surface area contributed by atoms with E-state index >= 15 is 0 Å². The smallest absolute Gasteiger partial charge is 0.304 e. The van der Waals surface area contributed by atoms with E-state index in [1.165, 1.54) is 0 Å². The summed E-state index contributed by atoms with van der Waals surface area (Å²) < 4.78 is 0. The van der Waals surface area contributed by atoms with Crippen molar-refractivity contribution in [2.45, 2.75) is 12.3 Å². The Hall–Kier alpha value is -3.13. The summed E-state index contributed by atoms with van der Waals surface area (Å²) in [5.41, 5.74) is 8.26. The van der Waals surface area contributed by atoms with Gasteiger partial charge < -0.3 is 10.8 Å². The number of aliphatic carboxylic acids is 1. The molecule has 0 aliphatic rings. The van der Waals surface area contributed by atoms with Crippen molar-refractivity contribution >= 4 is 11.9 Å². The highest BCUT2D eigenvalue weighted by molar-refractivity contribution is 5.86. The molecule has 0 unspecified atom stereocenters. The minimum absolute atomic E-state index is 0.328. The van der Waals surface area contributed by atoms with Gasteiger partial charge in [0.1, 0.15) is 0 Å². The van der Waals surface area contributed by atoms with Crippen LogP contribution in [0.5, 0.6) is 0 Å². The van der Waals surface area contributed by atoms with Crippen molar-refractivity contribution in [3.63, 3.8) is 0 Å². The number of carboxylic acids is 1. The molecule has 0 spiro atoms. The number of nitrogens with two attached hydrogens (primary N) is 1. The highest BCUT2D eigenvalue weighted by Gasteiger charge is 2.21. The Kier molecular flexibility index (Phi) is 4.54. The molecule has 22 heavy (non-hydrogen) atoms. The molecule has 2 rings (SSSR count). The minimum atomic E-state index is -1.07. The first kappa shape index (κ1) is 15.3. The Bertz CT molecular complexity index is 728. The standard InChI is InChI=1S/C17H14N2O3/c18-10-11-1-3-12(4-2-11)13-5-7-14(8-6-13)15(17(19)22)9-16(20)21/h1-8,15H,9H2,(H2,19,22)(H,20,21)/t15-/m1/s1. The van der Waals surface area contributed by atoms with E-state index in [1.807, 2.05) is 12.1 Å². The van der Waals surface area contributed by atoms with Crippen LogP contribution >= 0.6 is 0 Å². The Labute approximate surface area is 127 Å². The summed E-state index contributed by atoms with van der Waals surface area (Å²) >= 11 is 0. The van der Waals surface area contributed by atoms with E-state index in [-0.39, 0.29) is 6.42 Å². The second-order valence-corrected chi connectivity index (χ2v) is 4.86. The Balaban J connectivity index is 2.26. The van der Waals surface area contributed by atoms with Gasteiger partial charge in [-0.2, -0.15) is 5.26 Å². The molecule has 2 aromatic carbocycles. The van der Waals surface area contributed by atoms with Crippen LogP contribution in [0.2, 0.25) is 0 Å². The summed E-state index contributed by atoms with van der Waals surface area (Å²) in [4.78, 5) is 22.2. The fourth-order valence-electron chi connectivity index (χ4n) is 2.20. The number of amides is 1. The zero-order valence-corrected chi connectivity index (χ0v) is 11.7. The molecule has 110 valence electrons. The maximum Gasteiger partial charge on any atom is 0.304 e. The van der Waals surface area contributed by atoms with Gasteiger partial charge in [0.05, 0.1) is 24.0 Å². The summed E-state index contributed by atoms with van der Waals surface area (Å²) in [6.45, 7) is 0. The average Bonchev–Trinajstić information content (AvgIpc) is 2.52. The lowest BCUT2D eigenvalue weighted by Crippen LogP contribution is -2.23. The Morgan fingerprint density at radius 3 is 1.95 bits per heavy atom. The van der Waals surface area contributed by atoms with Crippen LogP contribution < -0.4 is 5.73 Å². The van der Waals surface area contributed by atoms with E-state index in [1.54, 1.807) is 36.4 Å². The lowest BCUT2D eigenvalue weighted by molar-refractivity contribution is -0.139. The molecule has 3 N–H and O–H groups in total. The predicted molar refractivity (Wildman–Crippen MR) is 80.8 cm³/mol. The van der Waals surface area contributed by atoms with Crippen LogP contribution in [0.15, 0.2) is 48.5 Å². The minimum Gasteiger partial charge on any atom is -0.481 e. The van der Waals surface area contributed by atoms with Crippen molar-refractivity contribution in [3.8, 4) is 17.2 Å². The SMILES string of the molecule is N#Cc1ccc(-c2ccc([C@@H](CC(=O)O)C(N)=O)cc2)cc1. The number of primary amides is 1. The predicted octanol–water partition coefficient (Wildman–Crippen LogP) is 2.27. The van der Waals surface area contributed by atoms with E-state index < -0.39 is 17.8 Å². The Morgan fingerprint density at radius 1 is 1.05 bits per heavy atom. The molecule has 0 bridgehead atoms. The second kappa shape index (κ2) is 6.55. The summed E-state index contributed by atoms with van der Waals surface area (Å²) in [6.07, 6.45) is -0.328. The van der Waals surface area contributed by atoms with Gasteiger partial charge in [0.15, 0.2) is 0 Å². The van der Waals surface area contributed by atoms with E-state index in [0.29, 0.717) is 11.1 Å². The van der Waals surface area contributed by atoms with Gasteiger partial charge in [0, 0.05) is 0 Å². The molecule has 0 fully saturated rings. The monoisotopic (exact) mass is 294 g/mol. The molecule has 0 radical (unpaired) electrons. The maximum absolute atomic E-state index is 11.4. The van der Waals surface area contributed by atoms with Crippen LogP contribution in [0.3, 0.4) is 0 Å². The number of carbonyl (C=O) groups is 2. The van der Waals surface area contributed by atoms with Crippen molar-refractivity contribution in [2.24, 2.45) is 5.73 Å². The van der Waals surface area contributed by atoms with Crippen LogP contribution in [-0.2, 0) is 9.59 Å². The van der Waals surface area contributed by atoms with Gasteiger partial charge in [-0.1, -0.05) is 36.4 Å². The van der Waals surface area contributed by atoms with Crippen LogP contribution in [0.25, 0.3) is 11.1 Å². The number of nitriles is 1. The lowest BCUT2D eigenvalue weighted by Gasteiger charge is -2.12. The molecule has 5 heteroatoms. The first-order valence-electron chi connectivity index (χ1n) is 6.63. The molecule has 1 atom stereocenters. The van der Waals surface area contributed by atoms with Gasteiger partial charge in [0.2, 0.25) is 5.91 Å². The summed E-state index contributed by atoms with van der Waals surface area (Å²) in [7, 11) is 0. The van der Waals surface area contributed by atoms with Crippen LogP contribution in [0.1, 0.15) is 23.5 Å². The van der Waals surface area contributed by atoms with Gasteiger partial charge in [-0.15, -0.1) is 0 Å². The fourth-order valence-corrected chi connectivity index (χ4v) is 2.20. The summed E-state index contributed by atoms with van der Waals surface area (Å²) in [5, 5.41) is 17.6. The highest BCUT2D eigenvalue weighted by atomic mass is 16.4. The van der Waals surface area contributed by atoms with E-state index in [2.05, 4.69) is 6.07 Å². The largest absolute Gasteiger partial charge is 0.481 e.